The summed E-state index contributed by atoms with van der Waals surface area (Å²) in [4.78, 5) is 0. The van der Waals surface area contributed by atoms with E-state index in [9.17, 15) is 0 Å². The molecule has 0 aliphatic rings. The van der Waals surface area contributed by atoms with Crippen molar-refractivity contribution in [2.24, 2.45) is 5.92 Å². The van der Waals surface area contributed by atoms with Gasteiger partial charge in [0.1, 0.15) is 0 Å². The highest BCUT2D eigenvalue weighted by Crippen LogP contribution is 2.09. The molecule has 1 heteroatoms. The predicted octanol–water partition coefficient (Wildman–Crippen LogP) is 2.30. The number of aliphatic hydroxyl groups excluding tert-OH is 1. The van der Waals surface area contributed by atoms with Crippen LogP contribution >= 0.6 is 0 Å². The summed E-state index contributed by atoms with van der Waals surface area (Å²) in [6.45, 7) is 11.4. The van der Waals surface area contributed by atoms with E-state index in [1.54, 1.807) is 0 Å². The first-order valence-electron chi connectivity index (χ1n) is 3.68. The summed E-state index contributed by atoms with van der Waals surface area (Å²) in [7, 11) is 0. The zero-order valence-electron chi connectivity index (χ0n) is 7.30. The summed E-state index contributed by atoms with van der Waals surface area (Å²) in [6.07, 6.45) is 3.82. The second-order valence-corrected chi connectivity index (χ2v) is 2.84. The molecule has 62 valence electrons. The lowest BCUT2D eigenvalue weighted by atomic mass is 10.0. The molecule has 0 saturated heterocycles. The van der Waals surface area contributed by atoms with Crippen molar-refractivity contribution in [1.29, 1.82) is 0 Å². The molecular weight excluding hydrogens is 136 g/mol. The lowest BCUT2D eigenvalue weighted by molar-refractivity contribution is 0.269. The van der Waals surface area contributed by atoms with E-state index < -0.39 is 0 Å². The van der Waals surface area contributed by atoms with Crippen molar-refractivity contribution in [3.05, 3.63) is 36.5 Å². The molecule has 0 aliphatic carbocycles. The van der Waals surface area contributed by atoms with Gasteiger partial charge in [-0.15, -0.1) is 0 Å². The Kier molecular flexibility index (Phi) is 4.55. The molecule has 0 bridgehead atoms. The van der Waals surface area contributed by atoms with E-state index in [0.29, 0.717) is 0 Å². The Balaban J connectivity index is 4.08. The van der Waals surface area contributed by atoms with E-state index in [0.717, 1.165) is 11.1 Å². The Morgan fingerprint density at radius 1 is 1.45 bits per heavy atom. The fourth-order valence-electron chi connectivity index (χ4n) is 0.661. The van der Waals surface area contributed by atoms with Crippen LogP contribution in [0.1, 0.15) is 13.8 Å². The molecule has 0 fully saturated rings. The van der Waals surface area contributed by atoms with Crippen LogP contribution in [0.4, 0.5) is 0 Å². The SMILES string of the molecule is C=C(C)/C=C/C(CO)C(=C)C. The average Bonchev–Trinajstić information content (AvgIpc) is 1.87. The van der Waals surface area contributed by atoms with Gasteiger partial charge in [0, 0.05) is 5.92 Å². The van der Waals surface area contributed by atoms with Gasteiger partial charge in [-0.25, -0.2) is 0 Å². The lowest BCUT2D eigenvalue weighted by Crippen LogP contribution is -2.02. The average molecular weight is 152 g/mol. The van der Waals surface area contributed by atoms with Gasteiger partial charge in [-0.05, 0) is 13.8 Å². The predicted molar refractivity (Wildman–Crippen MR) is 49.3 cm³/mol. The number of allylic oxidation sites excluding steroid dienone is 2. The monoisotopic (exact) mass is 152 g/mol. The molecule has 0 rings (SSSR count). The molecule has 1 unspecified atom stereocenters. The van der Waals surface area contributed by atoms with Crippen LogP contribution in [0.15, 0.2) is 36.5 Å². The molecule has 0 aromatic heterocycles. The molecule has 0 aromatic rings. The molecule has 1 nitrogen and oxygen atoms in total. The van der Waals surface area contributed by atoms with Crippen molar-refractivity contribution < 1.29 is 5.11 Å². The van der Waals surface area contributed by atoms with Crippen LogP contribution in [-0.4, -0.2) is 11.7 Å². The maximum atomic E-state index is 8.87. The van der Waals surface area contributed by atoms with Gasteiger partial charge >= 0.3 is 0 Å². The van der Waals surface area contributed by atoms with Crippen molar-refractivity contribution in [3.8, 4) is 0 Å². The highest BCUT2D eigenvalue weighted by atomic mass is 16.3. The minimum atomic E-state index is 0.0756. The van der Waals surface area contributed by atoms with Crippen molar-refractivity contribution in [3.63, 3.8) is 0 Å². The van der Waals surface area contributed by atoms with Gasteiger partial charge in [-0.3, -0.25) is 0 Å². The second-order valence-electron chi connectivity index (χ2n) is 2.84. The Morgan fingerprint density at radius 2 is 2.00 bits per heavy atom. The summed E-state index contributed by atoms with van der Waals surface area (Å²) in [5, 5.41) is 8.87. The number of hydrogen-bond acceptors (Lipinski definition) is 1. The van der Waals surface area contributed by atoms with Crippen LogP contribution in [0.25, 0.3) is 0 Å². The first kappa shape index (κ1) is 10.2. The van der Waals surface area contributed by atoms with Gasteiger partial charge in [0.2, 0.25) is 0 Å². The third kappa shape index (κ3) is 4.57. The Labute approximate surface area is 68.7 Å². The van der Waals surface area contributed by atoms with Crippen molar-refractivity contribution in [2.75, 3.05) is 6.61 Å². The van der Waals surface area contributed by atoms with E-state index in [-0.39, 0.29) is 12.5 Å². The van der Waals surface area contributed by atoms with Crippen LogP contribution < -0.4 is 0 Å². The van der Waals surface area contributed by atoms with E-state index in [2.05, 4.69) is 13.2 Å². The first-order chi connectivity index (χ1) is 5.07. The molecule has 11 heavy (non-hydrogen) atoms. The number of aliphatic hydroxyl groups is 1. The summed E-state index contributed by atoms with van der Waals surface area (Å²) >= 11 is 0. The maximum Gasteiger partial charge on any atom is 0.0531 e. The van der Waals surface area contributed by atoms with Crippen molar-refractivity contribution in [1.82, 2.24) is 0 Å². The van der Waals surface area contributed by atoms with Crippen molar-refractivity contribution >= 4 is 0 Å². The second kappa shape index (κ2) is 4.91. The molecule has 1 N–H and O–H groups in total. The minimum absolute atomic E-state index is 0.0756. The molecule has 0 amide bonds. The standard InChI is InChI=1S/C10H16O/c1-8(2)5-6-10(7-11)9(3)4/h5-6,10-11H,1,3,7H2,2,4H3/b6-5+. The summed E-state index contributed by atoms with van der Waals surface area (Å²) in [5.74, 6) is 0.0756. The summed E-state index contributed by atoms with van der Waals surface area (Å²) < 4.78 is 0. The molecule has 0 saturated carbocycles. The number of rotatable bonds is 4. The third-order valence-corrected chi connectivity index (χ3v) is 1.44. The summed E-state index contributed by atoms with van der Waals surface area (Å²) in [5.41, 5.74) is 1.97. The van der Waals surface area contributed by atoms with E-state index >= 15 is 0 Å². The minimum Gasteiger partial charge on any atom is -0.395 e. The van der Waals surface area contributed by atoms with Gasteiger partial charge < -0.3 is 5.11 Å². The normalized spacial score (nSPS) is 13.4. The molecule has 0 aromatic carbocycles. The van der Waals surface area contributed by atoms with Crippen LogP contribution in [0.2, 0.25) is 0 Å². The topological polar surface area (TPSA) is 20.2 Å². The van der Waals surface area contributed by atoms with Gasteiger partial charge in [-0.1, -0.05) is 36.5 Å². The summed E-state index contributed by atoms with van der Waals surface area (Å²) in [6, 6.07) is 0. The largest absolute Gasteiger partial charge is 0.395 e. The van der Waals surface area contributed by atoms with E-state index in [1.807, 2.05) is 26.0 Å². The fourth-order valence-corrected chi connectivity index (χ4v) is 0.661. The zero-order chi connectivity index (χ0) is 8.85. The molecule has 1 atom stereocenters. The lowest BCUT2D eigenvalue weighted by Gasteiger charge is -2.07. The number of hydrogen-bond donors (Lipinski definition) is 1. The van der Waals surface area contributed by atoms with Gasteiger partial charge in [0.25, 0.3) is 0 Å². The first-order valence-corrected chi connectivity index (χ1v) is 3.68. The van der Waals surface area contributed by atoms with Crippen molar-refractivity contribution in [2.45, 2.75) is 13.8 Å². The maximum absolute atomic E-state index is 8.87. The molecule has 0 heterocycles. The van der Waals surface area contributed by atoms with Crippen LogP contribution in [-0.2, 0) is 0 Å². The zero-order valence-corrected chi connectivity index (χ0v) is 7.30. The quantitative estimate of drug-likeness (QED) is 0.484. The third-order valence-electron chi connectivity index (χ3n) is 1.44. The Morgan fingerprint density at radius 3 is 2.27 bits per heavy atom. The molecular formula is C10H16O. The highest BCUT2D eigenvalue weighted by Gasteiger charge is 2.01. The highest BCUT2D eigenvalue weighted by molar-refractivity contribution is 5.16. The fraction of sp³-hybridized carbons (Fsp3) is 0.400. The van der Waals surface area contributed by atoms with Crippen LogP contribution in [0, 0.1) is 5.92 Å². The van der Waals surface area contributed by atoms with E-state index in [1.165, 1.54) is 0 Å². The molecule has 0 radical (unpaired) electrons. The molecule has 0 spiro atoms. The van der Waals surface area contributed by atoms with Gasteiger partial charge in [0.05, 0.1) is 6.61 Å². The Bertz CT molecular complexity index is 177. The van der Waals surface area contributed by atoms with Crippen LogP contribution in [0.5, 0.6) is 0 Å². The van der Waals surface area contributed by atoms with Gasteiger partial charge in [-0.2, -0.15) is 0 Å². The molecule has 0 aliphatic heterocycles. The smallest absolute Gasteiger partial charge is 0.0531 e. The van der Waals surface area contributed by atoms with Crippen LogP contribution in [0.3, 0.4) is 0 Å². The van der Waals surface area contributed by atoms with E-state index in [4.69, 9.17) is 5.11 Å². The Hall–Kier alpha value is -0.820. The van der Waals surface area contributed by atoms with Gasteiger partial charge in [0.15, 0.2) is 0 Å².